The Kier molecular flexibility index (Phi) is 4.34. The van der Waals surface area contributed by atoms with E-state index in [4.69, 9.17) is 4.42 Å². The summed E-state index contributed by atoms with van der Waals surface area (Å²) >= 11 is 0. The van der Waals surface area contributed by atoms with E-state index in [9.17, 15) is 0 Å². The van der Waals surface area contributed by atoms with Crippen LogP contribution in [0.5, 0.6) is 0 Å². The van der Waals surface area contributed by atoms with Crippen LogP contribution in [0.25, 0.3) is 44.0 Å². The summed E-state index contributed by atoms with van der Waals surface area (Å²) in [7, 11) is 2.07. The van der Waals surface area contributed by atoms with Crippen molar-refractivity contribution in [2.45, 2.75) is 65.2 Å². The number of aromatic nitrogens is 2. The Balaban J connectivity index is 1.83. The lowest BCUT2D eigenvalue weighted by Crippen LogP contribution is -2.34. The molecule has 3 nitrogen and oxygen atoms in total. The molecule has 34 heavy (non-hydrogen) atoms. The molecule has 0 fully saturated rings. The molecule has 0 N–H and O–H groups in total. The van der Waals surface area contributed by atoms with E-state index in [0.717, 1.165) is 22.4 Å². The van der Waals surface area contributed by atoms with Crippen molar-refractivity contribution >= 4 is 32.7 Å². The normalized spacial score (nSPS) is 16.9. The number of hydrogen-bond donors (Lipinski definition) is 0. The van der Waals surface area contributed by atoms with Crippen LogP contribution in [0.1, 0.15) is 62.8 Å². The number of nitrogens with zero attached hydrogens (tertiary/aromatic N) is 2. The third-order valence-electron chi connectivity index (χ3n) is 8.28. The average molecular weight is 450 g/mol. The number of fused-ring (bicyclic) bond motifs is 7. The van der Waals surface area contributed by atoms with Crippen LogP contribution in [-0.2, 0) is 17.9 Å². The van der Waals surface area contributed by atoms with Gasteiger partial charge in [0.05, 0.1) is 18.0 Å². The first-order valence-corrected chi connectivity index (χ1v) is 12.3. The summed E-state index contributed by atoms with van der Waals surface area (Å²) in [6.07, 6.45) is 8.15. The first-order chi connectivity index (χ1) is 16.1. The van der Waals surface area contributed by atoms with E-state index in [0.29, 0.717) is 0 Å². The van der Waals surface area contributed by atoms with Gasteiger partial charge in [0.1, 0.15) is 18.2 Å². The molecule has 3 heteroatoms. The summed E-state index contributed by atoms with van der Waals surface area (Å²) in [6.45, 7) is 14.0. The molecule has 5 aromatic rings. The van der Waals surface area contributed by atoms with Crippen LogP contribution < -0.4 is 4.57 Å². The summed E-state index contributed by atoms with van der Waals surface area (Å²) in [4.78, 5) is 4.43. The summed E-state index contributed by atoms with van der Waals surface area (Å²) in [5, 5.41) is 4.98. The van der Waals surface area contributed by atoms with E-state index < -0.39 is 0 Å². The van der Waals surface area contributed by atoms with Gasteiger partial charge in [-0.05, 0) is 71.2 Å². The number of aryl methyl sites for hydroxylation is 3. The van der Waals surface area contributed by atoms with Gasteiger partial charge in [-0.3, -0.25) is 4.98 Å². The SMILES string of the molecule is Cc1cc(C)c2c(oc3c2ccc2ccc4c(c23)C(C)(C)CCC4(C)C)c1-c1cncc[n+]1C. The molecule has 0 saturated carbocycles. The topological polar surface area (TPSA) is 29.9 Å². The predicted octanol–water partition coefficient (Wildman–Crippen LogP) is 7.59. The fraction of sp³-hybridized carbons (Fsp3) is 0.355. The van der Waals surface area contributed by atoms with Crippen LogP contribution >= 0.6 is 0 Å². The molecule has 0 radical (unpaired) electrons. The van der Waals surface area contributed by atoms with Gasteiger partial charge in [-0.2, -0.15) is 4.57 Å². The lowest BCUT2D eigenvalue weighted by atomic mass is 9.62. The largest absolute Gasteiger partial charge is 0.454 e. The van der Waals surface area contributed by atoms with E-state index in [1.807, 2.05) is 18.6 Å². The molecule has 0 spiro atoms. The van der Waals surface area contributed by atoms with Crippen LogP contribution in [0.3, 0.4) is 0 Å². The van der Waals surface area contributed by atoms with Gasteiger partial charge >= 0.3 is 0 Å². The second kappa shape index (κ2) is 6.91. The number of furan rings is 1. The molecular weight excluding hydrogens is 416 g/mol. The van der Waals surface area contributed by atoms with Crippen molar-refractivity contribution < 1.29 is 8.98 Å². The minimum Gasteiger partial charge on any atom is -0.454 e. The Morgan fingerprint density at radius 3 is 2.38 bits per heavy atom. The van der Waals surface area contributed by atoms with Crippen molar-refractivity contribution in [3.63, 3.8) is 0 Å². The molecule has 2 heterocycles. The molecule has 2 aromatic heterocycles. The fourth-order valence-corrected chi connectivity index (χ4v) is 6.31. The minimum absolute atomic E-state index is 0.0984. The van der Waals surface area contributed by atoms with E-state index in [2.05, 4.69) is 88.5 Å². The first kappa shape index (κ1) is 21.3. The van der Waals surface area contributed by atoms with Gasteiger partial charge in [-0.25, -0.2) is 0 Å². The molecule has 172 valence electrons. The van der Waals surface area contributed by atoms with Gasteiger partial charge in [0.2, 0.25) is 5.69 Å². The van der Waals surface area contributed by atoms with Crippen molar-refractivity contribution in [1.29, 1.82) is 0 Å². The average Bonchev–Trinajstić information content (AvgIpc) is 3.17. The molecule has 1 aliphatic rings. The maximum atomic E-state index is 6.95. The van der Waals surface area contributed by atoms with E-state index in [1.54, 1.807) is 0 Å². The molecule has 3 aromatic carbocycles. The van der Waals surface area contributed by atoms with E-state index >= 15 is 0 Å². The van der Waals surface area contributed by atoms with Crippen LogP contribution in [0.4, 0.5) is 0 Å². The highest BCUT2D eigenvalue weighted by atomic mass is 16.3. The van der Waals surface area contributed by atoms with Crippen LogP contribution in [0.2, 0.25) is 0 Å². The Bertz CT molecular complexity index is 1640. The number of hydrogen-bond acceptors (Lipinski definition) is 2. The molecule has 6 rings (SSSR count). The van der Waals surface area contributed by atoms with Gasteiger partial charge in [0, 0.05) is 16.2 Å². The van der Waals surface area contributed by atoms with E-state index in [-0.39, 0.29) is 10.8 Å². The van der Waals surface area contributed by atoms with Crippen molar-refractivity contribution in [3.05, 3.63) is 71.2 Å². The van der Waals surface area contributed by atoms with Crippen LogP contribution in [-0.4, -0.2) is 4.98 Å². The second-order valence-corrected chi connectivity index (χ2v) is 11.6. The van der Waals surface area contributed by atoms with Crippen LogP contribution in [0.15, 0.2) is 53.3 Å². The van der Waals surface area contributed by atoms with Crippen molar-refractivity contribution in [2.24, 2.45) is 7.05 Å². The molecule has 1 aliphatic carbocycles. The maximum absolute atomic E-state index is 6.95. The zero-order valence-corrected chi connectivity index (χ0v) is 21.3. The molecular formula is C31H33N2O+. The highest BCUT2D eigenvalue weighted by molar-refractivity contribution is 6.19. The standard InChI is InChI=1S/C31H33N2O/c1-18-16-19(2)25(23-17-32-14-15-33(23)7)29-24(18)21-10-8-20-9-11-22-27(26(20)28(21)34-29)31(5,6)13-12-30(22,3)4/h8-11,14-17H,12-13H2,1-7H3/q+1. The summed E-state index contributed by atoms with van der Waals surface area (Å²) < 4.78 is 9.08. The summed E-state index contributed by atoms with van der Waals surface area (Å²) in [5.74, 6) is 0. The van der Waals surface area contributed by atoms with Crippen molar-refractivity contribution in [1.82, 2.24) is 4.98 Å². The maximum Gasteiger partial charge on any atom is 0.234 e. The van der Waals surface area contributed by atoms with Crippen molar-refractivity contribution in [2.75, 3.05) is 0 Å². The molecule has 0 amide bonds. The zero-order valence-electron chi connectivity index (χ0n) is 21.3. The van der Waals surface area contributed by atoms with Gasteiger partial charge in [0.25, 0.3) is 0 Å². The number of benzene rings is 3. The minimum atomic E-state index is 0.0984. The first-order valence-electron chi connectivity index (χ1n) is 12.3. The van der Waals surface area contributed by atoms with Gasteiger partial charge < -0.3 is 4.42 Å². The Labute approximate surface area is 201 Å². The molecule has 0 aliphatic heterocycles. The summed E-state index contributed by atoms with van der Waals surface area (Å²) in [5.41, 5.74) is 9.85. The Hall–Kier alpha value is -3.20. The Morgan fingerprint density at radius 1 is 0.882 bits per heavy atom. The van der Waals surface area contributed by atoms with Crippen LogP contribution in [0, 0.1) is 13.8 Å². The highest BCUT2D eigenvalue weighted by Gasteiger charge is 2.39. The smallest absolute Gasteiger partial charge is 0.234 e. The fourth-order valence-electron chi connectivity index (χ4n) is 6.31. The van der Waals surface area contributed by atoms with Gasteiger partial charge in [-0.15, -0.1) is 0 Å². The molecule has 0 saturated heterocycles. The Morgan fingerprint density at radius 2 is 1.62 bits per heavy atom. The highest BCUT2D eigenvalue weighted by Crippen LogP contribution is 2.51. The molecule has 0 atom stereocenters. The zero-order chi connectivity index (χ0) is 24.0. The lowest BCUT2D eigenvalue weighted by molar-refractivity contribution is -0.660. The third-order valence-corrected chi connectivity index (χ3v) is 8.28. The second-order valence-electron chi connectivity index (χ2n) is 11.6. The van der Waals surface area contributed by atoms with Crippen molar-refractivity contribution in [3.8, 4) is 11.3 Å². The van der Waals surface area contributed by atoms with Gasteiger partial charge in [0.15, 0.2) is 6.20 Å². The lowest BCUT2D eigenvalue weighted by Gasteiger charge is -2.42. The third kappa shape index (κ3) is 2.82. The number of rotatable bonds is 1. The predicted molar refractivity (Wildman–Crippen MR) is 140 cm³/mol. The summed E-state index contributed by atoms with van der Waals surface area (Å²) in [6, 6.07) is 11.5. The molecule has 0 unspecified atom stereocenters. The monoisotopic (exact) mass is 449 g/mol. The van der Waals surface area contributed by atoms with E-state index in [1.165, 1.54) is 56.6 Å². The van der Waals surface area contributed by atoms with Gasteiger partial charge in [-0.1, -0.05) is 52.0 Å². The quantitative estimate of drug-likeness (QED) is 0.247. The molecule has 0 bridgehead atoms.